The number of quaternary nitrogens is 1. The minimum absolute atomic E-state index is 0. The van der Waals surface area contributed by atoms with Crippen LogP contribution in [0.1, 0.15) is 168 Å². The Kier molecular flexibility index (Phi) is 33.0. The van der Waals surface area contributed by atoms with E-state index in [9.17, 15) is 9.59 Å². The zero-order valence-electron chi connectivity index (χ0n) is 33.0. The molecule has 2 atom stereocenters. The van der Waals surface area contributed by atoms with Crippen LogP contribution in [0.25, 0.3) is 0 Å². The Hall–Kier alpha value is -1.85. The van der Waals surface area contributed by atoms with Crippen LogP contribution in [0.3, 0.4) is 0 Å². The zero-order valence-corrected chi connectivity index (χ0v) is 33.8. The van der Waals surface area contributed by atoms with Crippen molar-refractivity contribution >= 4 is 11.9 Å². The number of unbranched alkanes of at least 4 members (excludes halogenated alkanes) is 16. The molecule has 1 aliphatic heterocycles. The second kappa shape index (κ2) is 34.2. The first-order valence-electron chi connectivity index (χ1n) is 20.6. The van der Waals surface area contributed by atoms with Gasteiger partial charge < -0.3 is 26.4 Å². The van der Waals surface area contributed by atoms with Crippen LogP contribution in [-0.4, -0.2) is 56.8 Å². The zero-order chi connectivity index (χ0) is 35.7. The van der Waals surface area contributed by atoms with Gasteiger partial charge >= 0.3 is 11.9 Å². The molecule has 6 heteroatoms. The first-order chi connectivity index (χ1) is 23.9. The molecule has 0 aromatic heterocycles. The molecule has 0 saturated carbocycles. The Morgan fingerprint density at radius 2 is 0.820 bits per heavy atom. The van der Waals surface area contributed by atoms with Crippen molar-refractivity contribution in [2.24, 2.45) is 11.8 Å². The Bertz CT molecular complexity index is 853. The largest absolute Gasteiger partial charge is 1.00 e. The molecular formula is C44H78ClNO4. The molecule has 0 aromatic rings. The number of hydrogen-bond donors (Lipinski definition) is 0. The molecule has 0 aliphatic carbocycles. The van der Waals surface area contributed by atoms with Crippen molar-refractivity contribution in [1.82, 2.24) is 0 Å². The van der Waals surface area contributed by atoms with Gasteiger partial charge in [0.15, 0.2) is 0 Å². The molecule has 5 nitrogen and oxygen atoms in total. The molecule has 0 unspecified atom stereocenters. The average Bonchev–Trinajstić information content (AvgIpc) is 3.39. The molecular weight excluding hydrogens is 642 g/mol. The maximum Gasteiger partial charge on any atom is 0.305 e. The van der Waals surface area contributed by atoms with Gasteiger partial charge in [-0.3, -0.25) is 9.59 Å². The Balaban J connectivity index is 0.0000240. The molecule has 1 heterocycles. The summed E-state index contributed by atoms with van der Waals surface area (Å²) in [5, 5.41) is 0. The number of carbonyl (C=O) groups excluding carboxylic acids is 2. The van der Waals surface area contributed by atoms with Crippen LogP contribution in [0.4, 0.5) is 0 Å². The highest BCUT2D eigenvalue weighted by Gasteiger charge is 2.41. The summed E-state index contributed by atoms with van der Waals surface area (Å²) >= 11 is 0. The summed E-state index contributed by atoms with van der Waals surface area (Å²) in [5.74, 6) is 0.319. The van der Waals surface area contributed by atoms with E-state index in [4.69, 9.17) is 9.47 Å². The van der Waals surface area contributed by atoms with Crippen LogP contribution in [0.5, 0.6) is 0 Å². The lowest BCUT2D eigenvalue weighted by atomic mass is 9.98. The fourth-order valence-electron chi connectivity index (χ4n) is 6.73. The number of carbonyl (C=O) groups is 2. The predicted molar refractivity (Wildman–Crippen MR) is 209 cm³/mol. The van der Waals surface area contributed by atoms with Crippen LogP contribution in [0.15, 0.2) is 48.6 Å². The maximum absolute atomic E-state index is 12.5. The van der Waals surface area contributed by atoms with Gasteiger partial charge in [-0.2, -0.15) is 0 Å². The molecule has 1 rings (SSSR count). The molecule has 0 amide bonds. The van der Waals surface area contributed by atoms with E-state index in [1.807, 2.05) is 0 Å². The van der Waals surface area contributed by atoms with Crippen molar-refractivity contribution in [3.63, 3.8) is 0 Å². The number of allylic oxidation sites excluding steroid dienone is 8. The molecule has 0 bridgehead atoms. The van der Waals surface area contributed by atoms with Crippen molar-refractivity contribution in [3.05, 3.63) is 48.6 Å². The number of esters is 2. The molecule has 0 radical (unpaired) electrons. The SMILES string of the molecule is CCCCCC=CCC=CCCCCCCCC(=O)OC[C@@H]1C[N+](C)(C)C[C@H]1COC(=O)CCCCCCCC=CCC=CCCCCC.[Cl-]. The smallest absolute Gasteiger partial charge is 0.305 e. The summed E-state index contributed by atoms with van der Waals surface area (Å²) in [6.45, 7) is 7.27. The summed E-state index contributed by atoms with van der Waals surface area (Å²) in [4.78, 5) is 24.9. The lowest BCUT2D eigenvalue weighted by molar-refractivity contribution is -0.880. The number of likely N-dealkylation sites (tertiary alicyclic amines) is 1. The van der Waals surface area contributed by atoms with Crippen LogP contribution < -0.4 is 12.4 Å². The van der Waals surface area contributed by atoms with Gasteiger partial charge in [-0.1, -0.05) is 127 Å². The van der Waals surface area contributed by atoms with Crippen molar-refractivity contribution in [1.29, 1.82) is 0 Å². The first kappa shape index (κ1) is 48.1. The third kappa shape index (κ3) is 29.8. The number of ether oxygens (including phenoxy) is 2. The Labute approximate surface area is 315 Å². The lowest BCUT2D eigenvalue weighted by Crippen LogP contribution is -3.00. The van der Waals surface area contributed by atoms with Gasteiger partial charge in [-0.25, -0.2) is 0 Å². The van der Waals surface area contributed by atoms with Gasteiger partial charge in [-0.05, 0) is 77.0 Å². The normalized spacial score (nSPS) is 17.4. The highest BCUT2D eigenvalue weighted by molar-refractivity contribution is 5.69. The highest BCUT2D eigenvalue weighted by atomic mass is 35.5. The van der Waals surface area contributed by atoms with Crippen molar-refractivity contribution in [2.75, 3.05) is 40.4 Å². The quantitative estimate of drug-likeness (QED) is 0.0302. The second-order valence-corrected chi connectivity index (χ2v) is 15.1. The minimum Gasteiger partial charge on any atom is -1.00 e. The summed E-state index contributed by atoms with van der Waals surface area (Å²) in [6.07, 6.45) is 45.3. The van der Waals surface area contributed by atoms with Crippen molar-refractivity contribution in [2.45, 2.75) is 168 Å². The average molecular weight is 721 g/mol. The van der Waals surface area contributed by atoms with E-state index < -0.39 is 0 Å². The fourth-order valence-corrected chi connectivity index (χ4v) is 6.73. The summed E-state index contributed by atoms with van der Waals surface area (Å²) < 4.78 is 12.3. The van der Waals surface area contributed by atoms with Crippen molar-refractivity contribution < 1.29 is 36.0 Å². The van der Waals surface area contributed by atoms with Gasteiger partial charge in [0.2, 0.25) is 0 Å². The van der Waals surface area contributed by atoms with Gasteiger partial charge in [-0.15, -0.1) is 0 Å². The predicted octanol–water partition coefficient (Wildman–Crippen LogP) is 9.03. The van der Waals surface area contributed by atoms with E-state index in [2.05, 4.69) is 76.6 Å². The molecule has 0 N–H and O–H groups in total. The highest BCUT2D eigenvalue weighted by Crippen LogP contribution is 2.28. The number of halogens is 1. The van der Waals surface area contributed by atoms with E-state index in [-0.39, 0.29) is 36.2 Å². The van der Waals surface area contributed by atoms with Crippen molar-refractivity contribution in [3.8, 4) is 0 Å². The third-order valence-corrected chi connectivity index (χ3v) is 9.70. The maximum atomic E-state index is 12.5. The summed E-state index contributed by atoms with van der Waals surface area (Å²) in [6, 6.07) is 0. The second-order valence-electron chi connectivity index (χ2n) is 15.1. The van der Waals surface area contributed by atoms with Crippen LogP contribution in [0, 0.1) is 11.8 Å². The first-order valence-corrected chi connectivity index (χ1v) is 20.6. The van der Waals surface area contributed by atoms with Crippen LogP contribution >= 0.6 is 0 Å². The van der Waals surface area contributed by atoms with Gasteiger partial charge in [0.05, 0.1) is 39.0 Å². The van der Waals surface area contributed by atoms with E-state index in [1.165, 1.54) is 89.9 Å². The van der Waals surface area contributed by atoms with Crippen LogP contribution in [0.2, 0.25) is 0 Å². The molecule has 1 saturated heterocycles. The summed E-state index contributed by atoms with van der Waals surface area (Å²) in [7, 11) is 4.42. The minimum atomic E-state index is -0.0834. The van der Waals surface area contributed by atoms with Gasteiger partial charge in [0, 0.05) is 12.8 Å². The standard InChI is InChI=1S/C44H78NO4.ClH/c1-5-7-9-11-13-15-17-19-21-23-25-27-29-31-33-35-43(46)48-39-41-37-45(3,4)38-42(41)40-49-44(47)36-34-32-30-28-26-24-22-20-18-16-14-12-10-8-6-2;/h13-16,19-22,41-42H,5-12,17-18,23-40H2,1-4H3;1H/q+1;/p-1/t41-,42-;/m0./s1. The lowest BCUT2D eigenvalue weighted by Gasteiger charge is -2.23. The summed E-state index contributed by atoms with van der Waals surface area (Å²) in [5.41, 5.74) is 0. The molecule has 0 aromatic carbocycles. The monoisotopic (exact) mass is 720 g/mol. The fraction of sp³-hybridized carbons (Fsp3) is 0.773. The molecule has 1 fully saturated rings. The van der Waals surface area contributed by atoms with E-state index in [0.717, 1.165) is 68.9 Å². The van der Waals surface area contributed by atoms with E-state index in [0.29, 0.717) is 26.1 Å². The molecule has 290 valence electrons. The van der Waals surface area contributed by atoms with Gasteiger partial charge in [0.25, 0.3) is 0 Å². The molecule has 0 spiro atoms. The topological polar surface area (TPSA) is 52.6 Å². The Morgan fingerprint density at radius 1 is 0.500 bits per heavy atom. The van der Waals surface area contributed by atoms with Crippen LogP contribution in [-0.2, 0) is 19.1 Å². The van der Waals surface area contributed by atoms with E-state index >= 15 is 0 Å². The molecule has 50 heavy (non-hydrogen) atoms. The van der Waals surface area contributed by atoms with Gasteiger partial charge in [0.1, 0.15) is 13.2 Å². The number of nitrogens with zero attached hydrogens (tertiary/aromatic N) is 1. The third-order valence-electron chi connectivity index (χ3n) is 9.70. The molecule has 1 aliphatic rings. The Morgan fingerprint density at radius 3 is 1.18 bits per heavy atom. The number of rotatable bonds is 32. The van der Waals surface area contributed by atoms with E-state index in [1.54, 1.807) is 0 Å². The number of hydrogen-bond acceptors (Lipinski definition) is 4.